The summed E-state index contributed by atoms with van der Waals surface area (Å²) in [6, 6.07) is 0. The predicted molar refractivity (Wildman–Crippen MR) is 118 cm³/mol. The number of carbonyl (C=O) groups excluding carboxylic acids is 2. The summed E-state index contributed by atoms with van der Waals surface area (Å²) in [4.78, 5) is 24.3. The molecule has 0 atom stereocenters. The van der Waals surface area contributed by atoms with E-state index in [4.69, 9.17) is 11.2 Å². The van der Waals surface area contributed by atoms with Crippen molar-refractivity contribution in [2.75, 3.05) is 19.8 Å². The number of hydrogen-bond donors (Lipinski definition) is 2. The molecule has 0 aliphatic heterocycles. The third-order valence-electron chi connectivity index (χ3n) is 5.72. The van der Waals surface area contributed by atoms with Gasteiger partial charge in [0.25, 0.3) is 0 Å². The van der Waals surface area contributed by atoms with Crippen LogP contribution in [0.5, 0.6) is 0 Å². The third kappa shape index (κ3) is 10.2. The number of terminal acetylenes is 1. The standard InChI is InChI=1S/C24H42N2O3/c1-8-9-14-20(27)25-16-23(4,5)18-29-17-22(2,3)15-21(28)26-24(6,7)19-12-10-11-13-19/h1,19H,9-18H2,2-7H3,(H,25,27)(H,26,28). The molecule has 0 aromatic rings. The van der Waals surface area contributed by atoms with Crippen LogP contribution in [0.3, 0.4) is 0 Å². The summed E-state index contributed by atoms with van der Waals surface area (Å²) in [5.74, 6) is 3.11. The molecule has 1 fully saturated rings. The predicted octanol–water partition coefficient (Wildman–Crippen LogP) is 4.06. The lowest BCUT2D eigenvalue weighted by Gasteiger charge is -2.34. The fourth-order valence-electron chi connectivity index (χ4n) is 3.91. The highest BCUT2D eigenvalue weighted by Crippen LogP contribution is 2.34. The lowest BCUT2D eigenvalue weighted by Crippen LogP contribution is -2.49. The molecular formula is C24H42N2O3. The molecule has 2 N–H and O–H groups in total. The van der Waals surface area contributed by atoms with Crippen molar-refractivity contribution < 1.29 is 14.3 Å². The molecule has 5 nitrogen and oxygen atoms in total. The Balaban J connectivity index is 2.37. The van der Waals surface area contributed by atoms with Gasteiger partial charge in [-0.25, -0.2) is 0 Å². The van der Waals surface area contributed by atoms with Crippen molar-refractivity contribution in [1.82, 2.24) is 10.6 Å². The van der Waals surface area contributed by atoms with Crippen molar-refractivity contribution in [3.63, 3.8) is 0 Å². The number of ether oxygens (including phenoxy) is 1. The van der Waals surface area contributed by atoms with Gasteiger partial charge >= 0.3 is 0 Å². The highest BCUT2D eigenvalue weighted by Gasteiger charge is 2.34. The largest absolute Gasteiger partial charge is 0.380 e. The van der Waals surface area contributed by atoms with Crippen LogP contribution in [0, 0.1) is 29.1 Å². The molecule has 1 saturated carbocycles. The molecule has 0 aromatic carbocycles. The summed E-state index contributed by atoms with van der Waals surface area (Å²) >= 11 is 0. The van der Waals surface area contributed by atoms with Crippen molar-refractivity contribution in [2.24, 2.45) is 16.7 Å². The Labute approximate surface area is 178 Å². The molecule has 29 heavy (non-hydrogen) atoms. The molecule has 1 rings (SSSR count). The van der Waals surface area contributed by atoms with Gasteiger partial charge < -0.3 is 15.4 Å². The molecule has 0 aromatic heterocycles. The van der Waals surface area contributed by atoms with Crippen molar-refractivity contribution in [2.45, 2.75) is 92.0 Å². The van der Waals surface area contributed by atoms with E-state index in [2.05, 4.69) is 58.1 Å². The maximum Gasteiger partial charge on any atom is 0.221 e. The molecular weight excluding hydrogens is 364 g/mol. The minimum absolute atomic E-state index is 0.0297. The SMILES string of the molecule is C#CCCC(=O)NCC(C)(C)COCC(C)(C)CC(=O)NC(C)(C)C1CCCC1. The molecule has 1 aliphatic carbocycles. The second kappa shape index (κ2) is 11.0. The summed E-state index contributed by atoms with van der Waals surface area (Å²) < 4.78 is 5.94. The maximum atomic E-state index is 12.6. The van der Waals surface area contributed by atoms with Crippen molar-refractivity contribution in [3.05, 3.63) is 0 Å². The summed E-state index contributed by atoms with van der Waals surface area (Å²) in [7, 11) is 0. The molecule has 0 heterocycles. The van der Waals surface area contributed by atoms with Gasteiger partial charge in [-0.2, -0.15) is 0 Å². The minimum atomic E-state index is -0.248. The highest BCUT2D eigenvalue weighted by molar-refractivity contribution is 5.77. The average Bonchev–Trinajstić information content (AvgIpc) is 3.12. The molecule has 0 spiro atoms. The van der Waals surface area contributed by atoms with Crippen molar-refractivity contribution in [1.29, 1.82) is 0 Å². The Morgan fingerprint density at radius 3 is 2.17 bits per heavy atom. The molecule has 5 heteroatoms. The summed E-state index contributed by atoms with van der Waals surface area (Å²) in [5, 5.41) is 6.17. The highest BCUT2D eigenvalue weighted by atomic mass is 16.5. The van der Waals surface area contributed by atoms with Gasteiger partial charge in [0.15, 0.2) is 0 Å². The Morgan fingerprint density at radius 1 is 1.00 bits per heavy atom. The zero-order valence-electron chi connectivity index (χ0n) is 19.5. The smallest absolute Gasteiger partial charge is 0.221 e. The number of hydrogen-bond acceptors (Lipinski definition) is 3. The molecule has 0 radical (unpaired) electrons. The quantitative estimate of drug-likeness (QED) is 0.480. The van der Waals surface area contributed by atoms with Crippen molar-refractivity contribution >= 4 is 11.8 Å². The first-order valence-corrected chi connectivity index (χ1v) is 11.0. The number of rotatable bonds is 12. The molecule has 0 saturated heterocycles. The summed E-state index contributed by atoms with van der Waals surface area (Å²) in [6.07, 6.45) is 11.4. The van der Waals surface area contributed by atoms with E-state index in [1.165, 1.54) is 25.7 Å². The minimum Gasteiger partial charge on any atom is -0.380 e. The van der Waals surface area contributed by atoms with E-state index >= 15 is 0 Å². The lowest BCUT2D eigenvalue weighted by atomic mass is 9.84. The zero-order chi connectivity index (χ0) is 22.1. The maximum absolute atomic E-state index is 12.6. The normalized spacial score (nSPS) is 15.8. The van der Waals surface area contributed by atoms with E-state index in [0.717, 1.165) is 0 Å². The molecule has 2 amide bonds. The first kappa shape index (κ1) is 25.5. The van der Waals surface area contributed by atoms with Gasteiger partial charge in [0.1, 0.15) is 0 Å². The van der Waals surface area contributed by atoms with Gasteiger partial charge in [-0.15, -0.1) is 12.3 Å². The van der Waals surface area contributed by atoms with Gasteiger partial charge in [0.2, 0.25) is 11.8 Å². The van der Waals surface area contributed by atoms with E-state index in [0.29, 0.717) is 44.9 Å². The van der Waals surface area contributed by atoms with Crippen LogP contribution in [-0.4, -0.2) is 37.1 Å². The van der Waals surface area contributed by atoms with Crippen molar-refractivity contribution in [3.8, 4) is 12.3 Å². The van der Waals surface area contributed by atoms with Crippen LogP contribution in [0.4, 0.5) is 0 Å². The monoisotopic (exact) mass is 406 g/mol. The Hall–Kier alpha value is -1.54. The van der Waals surface area contributed by atoms with Crippen LogP contribution < -0.4 is 10.6 Å². The van der Waals surface area contributed by atoms with Gasteiger partial charge in [0, 0.05) is 36.8 Å². The first-order chi connectivity index (χ1) is 13.4. The number of carbonyl (C=O) groups is 2. The molecule has 1 aliphatic rings. The van der Waals surface area contributed by atoms with Crippen LogP contribution in [0.1, 0.15) is 86.5 Å². The third-order valence-corrected chi connectivity index (χ3v) is 5.72. The van der Waals surface area contributed by atoms with Gasteiger partial charge in [-0.3, -0.25) is 9.59 Å². The zero-order valence-corrected chi connectivity index (χ0v) is 19.5. The van der Waals surface area contributed by atoms with Crippen LogP contribution >= 0.6 is 0 Å². The number of amides is 2. The van der Waals surface area contributed by atoms with Gasteiger partial charge in [-0.05, 0) is 38.0 Å². The Kier molecular flexibility index (Phi) is 9.68. The molecule has 0 bridgehead atoms. The topological polar surface area (TPSA) is 67.4 Å². The van der Waals surface area contributed by atoms with Crippen LogP contribution in [-0.2, 0) is 14.3 Å². The molecule has 0 unspecified atom stereocenters. The van der Waals surface area contributed by atoms with Crippen LogP contribution in [0.25, 0.3) is 0 Å². The fourth-order valence-corrected chi connectivity index (χ4v) is 3.91. The van der Waals surface area contributed by atoms with E-state index in [9.17, 15) is 9.59 Å². The van der Waals surface area contributed by atoms with Gasteiger partial charge in [-0.1, -0.05) is 40.5 Å². The van der Waals surface area contributed by atoms with Crippen LogP contribution in [0.2, 0.25) is 0 Å². The number of nitrogens with one attached hydrogen (secondary N) is 2. The lowest BCUT2D eigenvalue weighted by molar-refractivity contribution is -0.126. The van der Waals surface area contributed by atoms with E-state index in [1.54, 1.807) is 0 Å². The molecule has 166 valence electrons. The second-order valence-corrected chi connectivity index (χ2v) is 10.7. The fraction of sp³-hybridized carbons (Fsp3) is 0.833. The van der Waals surface area contributed by atoms with Gasteiger partial charge in [0.05, 0.1) is 13.2 Å². The first-order valence-electron chi connectivity index (χ1n) is 11.0. The van der Waals surface area contributed by atoms with E-state index < -0.39 is 0 Å². The Morgan fingerprint density at radius 2 is 1.59 bits per heavy atom. The van der Waals surface area contributed by atoms with Crippen LogP contribution in [0.15, 0.2) is 0 Å². The second-order valence-electron chi connectivity index (χ2n) is 10.7. The van der Waals surface area contributed by atoms with E-state index in [1.807, 2.05) is 0 Å². The summed E-state index contributed by atoms with van der Waals surface area (Å²) in [5.41, 5.74) is -0.583. The summed E-state index contributed by atoms with van der Waals surface area (Å²) in [6.45, 7) is 14.1. The average molecular weight is 407 g/mol. The Bertz CT molecular complexity index is 581. The van der Waals surface area contributed by atoms with E-state index in [-0.39, 0.29) is 28.2 Å².